The fraction of sp³-hybridized carbons (Fsp3) is 0.308. The van der Waals surface area contributed by atoms with Gasteiger partial charge in [0.25, 0.3) is 5.69 Å². The first-order valence-electron chi connectivity index (χ1n) is 7.13. The van der Waals surface area contributed by atoms with Crippen LogP contribution in [0.2, 0.25) is 0 Å². The molecule has 1 fully saturated rings. The third kappa shape index (κ3) is 2.78. The minimum Gasteiger partial charge on any atom is -0.261 e. The molecular weight excluding hydrogens is 300 g/mol. The van der Waals surface area contributed by atoms with E-state index in [1.165, 1.54) is 16.9 Å². The molecular formula is C13H12N8O2. The Labute approximate surface area is 129 Å². The summed E-state index contributed by atoms with van der Waals surface area (Å²) in [6, 6.07) is 6.13. The van der Waals surface area contributed by atoms with Crippen LogP contribution in [0.3, 0.4) is 0 Å². The van der Waals surface area contributed by atoms with Crippen molar-refractivity contribution in [2.24, 2.45) is 0 Å². The highest BCUT2D eigenvalue weighted by Gasteiger charge is 2.27. The average Bonchev–Trinajstić information content (AvgIpc) is 3.13. The van der Waals surface area contributed by atoms with Gasteiger partial charge in [-0.05, 0) is 18.1 Å². The normalized spacial score (nSPS) is 14.1. The highest BCUT2D eigenvalue weighted by Crippen LogP contribution is 2.37. The largest absolute Gasteiger partial charge is 0.270 e. The van der Waals surface area contributed by atoms with Gasteiger partial charge in [0.05, 0.1) is 4.92 Å². The second-order valence-corrected chi connectivity index (χ2v) is 5.37. The molecule has 0 spiro atoms. The minimum absolute atomic E-state index is 0.0110. The first-order valence-corrected chi connectivity index (χ1v) is 7.13. The molecule has 116 valence electrons. The lowest BCUT2D eigenvalue weighted by atomic mass is 10.2. The molecule has 0 amide bonds. The van der Waals surface area contributed by atoms with Gasteiger partial charge in [0, 0.05) is 23.6 Å². The van der Waals surface area contributed by atoms with E-state index in [0.29, 0.717) is 29.7 Å². The Morgan fingerprint density at radius 1 is 1.39 bits per heavy atom. The number of non-ortho nitro benzene ring substituents is 1. The lowest BCUT2D eigenvalue weighted by molar-refractivity contribution is -0.384. The van der Waals surface area contributed by atoms with Crippen molar-refractivity contribution in [3.8, 4) is 11.4 Å². The van der Waals surface area contributed by atoms with E-state index in [2.05, 4.69) is 30.6 Å². The van der Waals surface area contributed by atoms with Crippen molar-refractivity contribution in [3.05, 3.63) is 46.0 Å². The van der Waals surface area contributed by atoms with E-state index in [0.717, 1.165) is 18.7 Å². The molecule has 1 aliphatic rings. The first-order chi connectivity index (χ1) is 11.2. The van der Waals surface area contributed by atoms with Crippen molar-refractivity contribution in [2.75, 3.05) is 0 Å². The smallest absolute Gasteiger partial charge is 0.261 e. The molecule has 10 nitrogen and oxygen atoms in total. The van der Waals surface area contributed by atoms with Gasteiger partial charge in [-0.15, -0.1) is 10.2 Å². The van der Waals surface area contributed by atoms with Crippen molar-refractivity contribution in [2.45, 2.75) is 25.3 Å². The minimum atomic E-state index is -0.456. The highest BCUT2D eigenvalue weighted by atomic mass is 16.6. The standard InChI is InChI=1S/C13H12N8O2/c22-21(23)10-3-1-2-9(6-10)13-17-19-20(18-13)7-11-14-12(16-15-11)8-4-5-8/h1-3,6,8H,4-5,7H2,(H,14,15,16). The molecule has 2 heterocycles. The molecule has 0 radical (unpaired) electrons. The van der Waals surface area contributed by atoms with Crippen LogP contribution < -0.4 is 0 Å². The number of nitro groups is 1. The summed E-state index contributed by atoms with van der Waals surface area (Å²) in [5.74, 6) is 2.30. The summed E-state index contributed by atoms with van der Waals surface area (Å²) in [7, 11) is 0. The molecule has 10 heteroatoms. The summed E-state index contributed by atoms with van der Waals surface area (Å²) in [4.78, 5) is 16.1. The Kier molecular flexibility index (Phi) is 3.07. The zero-order chi connectivity index (χ0) is 15.8. The lowest BCUT2D eigenvalue weighted by Gasteiger charge is -1.95. The van der Waals surface area contributed by atoms with Gasteiger partial charge in [-0.2, -0.15) is 9.90 Å². The van der Waals surface area contributed by atoms with Crippen LogP contribution >= 0.6 is 0 Å². The van der Waals surface area contributed by atoms with Crippen LogP contribution in [0.15, 0.2) is 24.3 Å². The second kappa shape index (κ2) is 5.23. The summed E-state index contributed by atoms with van der Waals surface area (Å²) >= 11 is 0. The van der Waals surface area contributed by atoms with Crippen molar-refractivity contribution >= 4 is 5.69 Å². The predicted molar refractivity (Wildman–Crippen MR) is 77.4 cm³/mol. The Balaban J connectivity index is 1.53. The van der Waals surface area contributed by atoms with Crippen molar-refractivity contribution < 1.29 is 4.92 Å². The van der Waals surface area contributed by atoms with Gasteiger partial charge in [0.1, 0.15) is 12.4 Å². The van der Waals surface area contributed by atoms with Gasteiger partial charge < -0.3 is 0 Å². The number of benzene rings is 1. The average molecular weight is 312 g/mol. The topological polar surface area (TPSA) is 128 Å². The Bertz CT molecular complexity index is 866. The second-order valence-electron chi connectivity index (χ2n) is 5.37. The number of aromatic amines is 1. The van der Waals surface area contributed by atoms with Gasteiger partial charge in [-0.25, -0.2) is 4.98 Å². The number of aromatic nitrogens is 7. The van der Waals surface area contributed by atoms with Gasteiger partial charge in [-0.3, -0.25) is 15.2 Å². The lowest BCUT2D eigenvalue weighted by Crippen LogP contribution is -2.05. The van der Waals surface area contributed by atoms with Gasteiger partial charge in [-0.1, -0.05) is 12.1 Å². The maximum atomic E-state index is 10.8. The fourth-order valence-electron chi connectivity index (χ4n) is 2.22. The Morgan fingerprint density at radius 2 is 2.26 bits per heavy atom. The number of nitrogens with one attached hydrogen (secondary N) is 1. The number of tetrazole rings is 1. The fourth-order valence-corrected chi connectivity index (χ4v) is 2.22. The molecule has 0 atom stereocenters. The zero-order valence-corrected chi connectivity index (χ0v) is 12.0. The summed E-state index contributed by atoms with van der Waals surface area (Å²) in [6.07, 6.45) is 2.27. The molecule has 2 aromatic heterocycles. The van der Waals surface area contributed by atoms with Gasteiger partial charge >= 0.3 is 0 Å². The number of nitro benzene ring substituents is 1. The van der Waals surface area contributed by atoms with E-state index in [-0.39, 0.29) is 5.69 Å². The van der Waals surface area contributed by atoms with Crippen LogP contribution in [0.5, 0.6) is 0 Å². The third-order valence-corrected chi connectivity index (χ3v) is 3.55. The van der Waals surface area contributed by atoms with Crippen LogP contribution in [-0.4, -0.2) is 40.3 Å². The monoisotopic (exact) mass is 312 g/mol. The van der Waals surface area contributed by atoms with Crippen molar-refractivity contribution in [3.63, 3.8) is 0 Å². The number of rotatable bonds is 5. The maximum absolute atomic E-state index is 10.8. The molecule has 3 aromatic rings. The predicted octanol–water partition coefficient (Wildman–Crippen LogP) is 1.29. The maximum Gasteiger partial charge on any atom is 0.270 e. The Morgan fingerprint density at radius 3 is 3.04 bits per heavy atom. The van der Waals surface area contributed by atoms with Crippen LogP contribution in [-0.2, 0) is 6.54 Å². The number of hydrogen-bond donors (Lipinski definition) is 1. The van der Waals surface area contributed by atoms with Crippen LogP contribution in [0.1, 0.15) is 30.4 Å². The van der Waals surface area contributed by atoms with Crippen LogP contribution in [0, 0.1) is 10.1 Å². The first kappa shape index (κ1) is 13.5. The SMILES string of the molecule is O=[N+]([O-])c1cccc(-c2nnn(Cc3nc(C4CC4)n[nH]3)n2)c1. The summed E-state index contributed by atoms with van der Waals surface area (Å²) in [5.41, 5.74) is 0.532. The molecule has 1 aromatic carbocycles. The molecule has 0 unspecified atom stereocenters. The van der Waals surface area contributed by atoms with E-state index in [9.17, 15) is 10.1 Å². The van der Waals surface area contributed by atoms with E-state index in [1.807, 2.05) is 0 Å². The molecule has 0 aliphatic heterocycles. The van der Waals surface area contributed by atoms with E-state index < -0.39 is 4.92 Å². The van der Waals surface area contributed by atoms with E-state index in [1.54, 1.807) is 12.1 Å². The van der Waals surface area contributed by atoms with Crippen LogP contribution in [0.4, 0.5) is 5.69 Å². The van der Waals surface area contributed by atoms with Crippen molar-refractivity contribution in [1.82, 2.24) is 35.4 Å². The number of nitrogens with zero attached hydrogens (tertiary/aromatic N) is 7. The molecule has 1 N–H and O–H groups in total. The quantitative estimate of drug-likeness (QED) is 0.555. The molecule has 0 bridgehead atoms. The third-order valence-electron chi connectivity index (χ3n) is 3.55. The van der Waals surface area contributed by atoms with Gasteiger partial charge in [0.15, 0.2) is 5.82 Å². The molecule has 4 rings (SSSR count). The molecule has 1 saturated carbocycles. The van der Waals surface area contributed by atoms with Crippen molar-refractivity contribution in [1.29, 1.82) is 0 Å². The molecule has 1 aliphatic carbocycles. The highest BCUT2D eigenvalue weighted by molar-refractivity contribution is 5.58. The summed E-state index contributed by atoms with van der Waals surface area (Å²) < 4.78 is 0. The Hall–Kier alpha value is -3.17. The number of H-pyrrole nitrogens is 1. The van der Waals surface area contributed by atoms with Crippen LogP contribution in [0.25, 0.3) is 11.4 Å². The van der Waals surface area contributed by atoms with E-state index in [4.69, 9.17) is 0 Å². The summed E-state index contributed by atoms with van der Waals surface area (Å²) in [5, 5.41) is 30.0. The van der Waals surface area contributed by atoms with Gasteiger partial charge in [0.2, 0.25) is 5.82 Å². The molecule has 0 saturated heterocycles. The zero-order valence-electron chi connectivity index (χ0n) is 12.0. The van der Waals surface area contributed by atoms with E-state index >= 15 is 0 Å². The number of hydrogen-bond acceptors (Lipinski definition) is 7. The molecule has 23 heavy (non-hydrogen) atoms. The summed E-state index contributed by atoms with van der Waals surface area (Å²) in [6.45, 7) is 0.321.